The molecule has 1 unspecified atom stereocenters. The Balaban J connectivity index is 1.57. The van der Waals surface area contributed by atoms with Gasteiger partial charge in [0.05, 0.1) is 18.2 Å². The highest BCUT2D eigenvalue weighted by Gasteiger charge is 2.13. The number of aryl methyl sites for hydroxylation is 1. The van der Waals surface area contributed by atoms with Gasteiger partial charge in [-0.15, -0.1) is 0 Å². The third-order valence-electron chi connectivity index (χ3n) is 5.45. The Bertz CT molecular complexity index is 877. The second kappa shape index (κ2) is 10.4. The van der Waals surface area contributed by atoms with Crippen molar-refractivity contribution in [3.63, 3.8) is 0 Å². The number of piperidine rings is 1. The smallest absolute Gasteiger partial charge is 0.338 e. The van der Waals surface area contributed by atoms with Gasteiger partial charge in [-0.2, -0.15) is 0 Å². The molecule has 0 aliphatic carbocycles. The first-order valence-electron chi connectivity index (χ1n) is 10.7. The van der Waals surface area contributed by atoms with Gasteiger partial charge >= 0.3 is 5.97 Å². The third-order valence-corrected chi connectivity index (χ3v) is 5.67. The van der Waals surface area contributed by atoms with Crippen molar-refractivity contribution < 1.29 is 9.53 Å². The maximum absolute atomic E-state index is 11.9. The summed E-state index contributed by atoms with van der Waals surface area (Å²) in [6.07, 6.45) is 3.89. The Kier molecular flexibility index (Phi) is 7.69. The molecule has 0 aromatic heterocycles. The van der Waals surface area contributed by atoms with E-state index in [4.69, 9.17) is 17.0 Å². The van der Waals surface area contributed by atoms with Gasteiger partial charge in [-0.25, -0.2) is 4.79 Å². The van der Waals surface area contributed by atoms with E-state index in [1.165, 1.54) is 30.5 Å². The van der Waals surface area contributed by atoms with E-state index in [2.05, 4.69) is 46.7 Å². The van der Waals surface area contributed by atoms with Crippen LogP contribution in [0.5, 0.6) is 0 Å². The van der Waals surface area contributed by atoms with Gasteiger partial charge in [0, 0.05) is 24.5 Å². The third kappa shape index (κ3) is 5.72. The molecule has 1 fully saturated rings. The number of esters is 1. The van der Waals surface area contributed by atoms with E-state index in [0.29, 0.717) is 17.3 Å². The molecule has 30 heavy (non-hydrogen) atoms. The van der Waals surface area contributed by atoms with Crippen LogP contribution in [0.4, 0.5) is 11.4 Å². The molecule has 5 nitrogen and oxygen atoms in total. The number of hydrogen-bond donors (Lipinski definition) is 2. The first kappa shape index (κ1) is 22.1. The van der Waals surface area contributed by atoms with Gasteiger partial charge in [0.2, 0.25) is 0 Å². The summed E-state index contributed by atoms with van der Waals surface area (Å²) in [5, 5.41) is 7.13. The Morgan fingerprint density at radius 3 is 2.47 bits per heavy atom. The van der Waals surface area contributed by atoms with E-state index in [-0.39, 0.29) is 12.0 Å². The fourth-order valence-electron chi connectivity index (χ4n) is 3.71. The molecule has 3 rings (SSSR count). The number of nitrogens with zero attached hydrogens (tertiary/aromatic N) is 1. The van der Waals surface area contributed by atoms with E-state index >= 15 is 0 Å². The molecule has 1 saturated heterocycles. The Labute approximate surface area is 184 Å². The van der Waals surface area contributed by atoms with Crippen LogP contribution >= 0.6 is 12.2 Å². The fraction of sp³-hybridized carbons (Fsp3) is 0.417. The van der Waals surface area contributed by atoms with E-state index in [0.717, 1.165) is 24.3 Å². The Morgan fingerprint density at radius 1 is 1.13 bits per heavy atom. The van der Waals surface area contributed by atoms with Crippen molar-refractivity contribution in [2.24, 2.45) is 0 Å². The molecule has 1 heterocycles. The van der Waals surface area contributed by atoms with Crippen molar-refractivity contribution in [2.45, 2.75) is 46.1 Å². The summed E-state index contributed by atoms with van der Waals surface area (Å²) in [5.41, 5.74) is 4.83. The predicted molar refractivity (Wildman–Crippen MR) is 127 cm³/mol. The molecular formula is C24H31N3O2S. The molecule has 2 aromatic carbocycles. The zero-order chi connectivity index (χ0) is 21.5. The minimum atomic E-state index is -0.311. The Morgan fingerprint density at radius 2 is 1.83 bits per heavy atom. The van der Waals surface area contributed by atoms with Crippen LogP contribution in [-0.4, -0.2) is 30.8 Å². The molecular weight excluding hydrogens is 394 g/mol. The lowest BCUT2D eigenvalue weighted by Gasteiger charge is -2.29. The fourth-order valence-corrected chi connectivity index (χ4v) is 4.00. The monoisotopic (exact) mass is 425 g/mol. The van der Waals surface area contributed by atoms with Gasteiger partial charge in [-0.05, 0) is 93.7 Å². The number of nitrogens with one attached hydrogen (secondary N) is 2. The molecule has 2 aromatic rings. The topological polar surface area (TPSA) is 53.6 Å². The minimum Gasteiger partial charge on any atom is -0.462 e. The average Bonchev–Trinajstić information content (AvgIpc) is 2.76. The van der Waals surface area contributed by atoms with Gasteiger partial charge in [0.25, 0.3) is 0 Å². The number of carbonyl (C=O) groups is 1. The molecule has 2 N–H and O–H groups in total. The first-order valence-corrected chi connectivity index (χ1v) is 11.1. The second-order valence-electron chi connectivity index (χ2n) is 7.71. The van der Waals surface area contributed by atoms with E-state index < -0.39 is 0 Å². The zero-order valence-electron chi connectivity index (χ0n) is 18.0. The van der Waals surface area contributed by atoms with Crippen LogP contribution in [0.15, 0.2) is 42.5 Å². The number of anilines is 2. The highest BCUT2D eigenvalue weighted by molar-refractivity contribution is 7.80. The summed E-state index contributed by atoms with van der Waals surface area (Å²) in [4.78, 5) is 14.3. The molecule has 6 heteroatoms. The van der Waals surface area contributed by atoms with Crippen LogP contribution in [0.25, 0.3) is 0 Å². The van der Waals surface area contributed by atoms with E-state index in [1.54, 1.807) is 13.0 Å². The van der Waals surface area contributed by atoms with Crippen molar-refractivity contribution >= 4 is 34.7 Å². The molecule has 0 amide bonds. The minimum absolute atomic E-state index is 0.0829. The molecule has 0 spiro atoms. The van der Waals surface area contributed by atoms with Crippen LogP contribution in [0, 0.1) is 6.92 Å². The normalized spacial score (nSPS) is 14.7. The summed E-state index contributed by atoms with van der Waals surface area (Å²) in [6, 6.07) is 14.2. The number of ether oxygens (including phenoxy) is 1. The van der Waals surface area contributed by atoms with Crippen LogP contribution in [0.3, 0.4) is 0 Å². The number of hydrogen-bond acceptors (Lipinski definition) is 4. The number of thiocarbonyl (C=S) groups is 1. The van der Waals surface area contributed by atoms with Crippen LogP contribution in [0.2, 0.25) is 0 Å². The first-order chi connectivity index (χ1) is 14.5. The lowest BCUT2D eigenvalue weighted by molar-refractivity contribution is 0.0526. The van der Waals surface area contributed by atoms with Crippen molar-refractivity contribution in [2.75, 3.05) is 29.9 Å². The highest BCUT2D eigenvalue weighted by atomic mass is 32.1. The molecule has 160 valence electrons. The zero-order valence-corrected chi connectivity index (χ0v) is 18.8. The quantitative estimate of drug-likeness (QED) is 0.489. The second-order valence-corrected chi connectivity index (χ2v) is 8.12. The lowest BCUT2D eigenvalue weighted by atomic mass is 10.1. The van der Waals surface area contributed by atoms with Gasteiger partial charge < -0.3 is 20.3 Å². The van der Waals surface area contributed by atoms with E-state index in [1.807, 2.05) is 19.1 Å². The molecule has 0 radical (unpaired) electrons. The lowest BCUT2D eigenvalue weighted by Crippen LogP contribution is -2.31. The summed E-state index contributed by atoms with van der Waals surface area (Å²) >= 11 is 5.50. The molecule has 0 saturated carbocycles. The van der Waals surface area contributed by atoms with Crippen LogP contribution < -0.4 is 15.5 Å². The number of rotatable bonds is 6. The van der Waals surface area contributed by atoms with Crippen molar-refractivity contribution in [3.05, 3.63) is 59.2 Å². The average molecular weight is 426 g/mol. The maximum atomic E-state index is 11.9. The molecule has 1 atom stereocenters. The van der Waals surface area contributed by atoms with Gasteiger partial charge in [0.1, 0.15) is 0 Å². The van der Waals surface area contributed by atoms with Gasteiger partial charge in [-0.1, -0.05) is 12.1 Å². The summed E-state index contributed by atoms with van der Waals surface area (Å²) in [5.74, 6) is -0.311. The molecule has 1 aliphatic rings. The SMILES string of the molecule is CCOC(=O)c1ccc(NC(=S)NC(C)c2ccc(N3CCCCC3)cc2)c(C)c1. The van der Waals surface area contributed by atoms with Gasteiger partial charge in [0.15, 0.2) is 5.11 Å². The van der Waals surface area contributed by atoms with Crippen LogP contribution in [-0.2, 0) is 4.74 Å². The van der Waals surface area contributed by atoms with Crippen LogP contribution in [0.1, 0.15) is 60.6 Å². The largest absolute Gasteiger partial charge is 0.462 e. The van der Waals surface area contributed by atoms with Crippen molar-refractivity contribution in [3.8, 4) is 0 Å². The standard InChI is InChI=1S/C24H31N3O2S/c1-4-29-23(28)20-10-13-22(17(2)16-20)26-24(30)25-18(3)19-8-11-21(12-9-19)27-14-6-5-7-15-27/h8-13,16,18H,4-7,14-15H2,1-3H3,(H2,25,26,30). The Hall–Kier alpha value is -2.60. The number of carbonyl (C=O) groups excluding carboxylic acids is 1. The summed E-state index contributed by atoms with van der Waals surface area (Å²) in [7, 11) is 0. The molecule has 0 bridgehead atoms. The van der Waals surface area contributed by atoms with Crippen molar-refractivity contribution in [1.29, 1.82) is 0 Å². The summed E-state index contributed by atoms with van der Waals surface area (Å²) in [6.45, 7) is 8.50. The maximum Gasteiger partial charge on any atom is 0.338 e. The summed E-state index contributed by atoms with van der Waals surface area (Å²) < 4.78 is 5.05. The van der Waals surface area contributed by atoms with E-state index in [9.17, 15) is 4.79 Å². The van der Waals surface area contributed by atoms with Gasteiger partial charge in [-0.3, -0.25) is 0 Å². The highest BCUT2D eigenvalue weighted by Crippen LogP contribution is 2.23. The number of benzene rings is 2. The predicted octanol–water partition coefficient (Wildman–Crippen LogP) is 5.21. The molecule has 1 aliphatic heterocycles. The van der Waals surface area contributed by atoms with Crippen molar-refractivity contribution in [1.82, 2.24) is 5.32 Å².